The van der Waals surface area contributed by atoms with Crippen molar-refractivity contribution >= 4 is 5.91 Å². The standard InChI is InChI=1S/C18H23N3O3/c1-12-3-6-14(7-4-12)24-16-8-5-13(17(16)22)11-19-18(23)15-9-10-20-21(15)2/h3-4,6-7,9-10,13,16-17,22H,5,8,11H2,1-2H3,(H,19,23)/t13-,16-,17-/m1/s1. The Bertz CT molecular complexity index is 696. The van der Waals surface area contributed by atoms with E-state index in [0.717, 1.165) is 18.6 Å². The number of ether oxygens (including phenoxy) is 1. The van der Waals surface area contributed by atoms with Crippen LogP contribution in [-0.2, 0) is 7.05 Å². The monoisotopic (exact) mass is 329 g/mol. The third-order valence-electron chi connectivity index (χ3n) is 4.57. The van der Waals surface area contributed by atoms with Crippen LogP contribution in [0.25, 0.3) is 0 Å². The van der Waals surface area contributed by atoms with Gasteiger partial charge < -0.3 is 15.2 Å². The van der Waals surface area contributed by atoms with Gasteiger partial charge in [0.2, 0.25) is 0 Å². The first kappa shape index (κ1) is 16.5. The number of hydrogen-bond donors (Lipinski definition) is 2. The van der Waals surface area contributed by atoms with E-state index < -0.39 is 6.10 Å². The summed E-state index contributed by atoms with van der Waals surface area (Å²) in [5.41, 5.74) is 1.68. The number of nitrogens with zero attached hydrogens (tertiary/aromatic N) is 2. The van der Waals surface area contributed by atoms with Gasteiger partial charge in [0.05, 0.1) is 6.10 Å². The topological polar surface area (TPSA) is 76.4 Å². The summed E-state index contributed by atoms with van der Waals surface area (Å²) >= 11 is 0. The summed E-state index contributed by atoms with van der Waals surface area (Å²) in [6.45, 7) is 2.45. The van der Waals surface area contributed by atoms with Gasteiger partial charge >= 0.3 is 0 Å². The zero-order chi connectivity index (χ0) is 17.1. The lowest BCUT2D eigenvalue weighted by molar-refractivity contribution is 0.0348. The molecule has 2 aromatic rings. The predicted molar refractivity (Wildman–Crippen MR) is 89.9 cm³/mol. The highest BCUT2D eigenvalue weighted by atomic mass is 16.5. The van der Waals surface area contributed by atoms with Gasteiger partial charge in [-0.3, -0.25) is 9.48 Å². The second-order valence-electron chi connectivity index (χ2n) is 6.35. The van der Waals surface area contributed by atoms with E-state index in [1.54, 1.807) is 19.3 Å². The molecule has 0 radical (unpaired) electrons. The molecule has 1 aromatic carbocycles. The minimum Gasteiger partial charge on any atom is -0.488 e. The molecule has 1 amide bonds. The van der Waals surface area contributed by atoms with E-state index in [2.05, 4.69) is 10.4 Å². The summed E-state index contributed by atoms with van der Waals surface area (Å²) in [6.07, 6.45) is 2.37. The Hall–Kier alpha value is -2.34. The average molecular weight is 329 g/mol. The lowest BCUT2D eigenvalue weighted by Crippen LogP contribution is -2.37. The molecule has 0 saturated heterocycles. The van der Waals surface area contributed by atoms with Crippen molar-refractivity contribution in [1.82, 2.24) is 15.1 Å². The van der Waals surface area contributed by atoms with Gasteiger partial charge in [-0.15, -0.1) is 0 Å². The minimum absolute atomic E-state index is 0.00220. The number of amides is 1. The van der Waals surface area contributed by atoms with Crippen LogP contribution in [0.15, 0.2) is 36.5 Å². The summed E-state index contributed by atoms with van der Waals surface area (Å²) < 4.78 is 7.43. The number of aromatic nitrogens is 2. The van der Waals surface area contributed by atoms with Crippen molar-refractivity contribution in [3.8, 4) is 5.75 Å². The summed E-state index contributed by atoms with van der Waals surface area (Å²) in [6, 6.07) is 9.48. The summed E-state index contributed by atoms with van der Waals surface area (Å²) in [5.74, 6) is 0.590. The average Bonchev–Trinajstić information content (AvgIpc) is 3.14. The molecule has 1 aliphatic rings. The van der Waals surface area contributed by atoms with Crippen LogP contribution in [0.3, 0.4) is 0 Å². The molecule has 3 atom stereocenters. The molecule has 2 N–H and O–H groups in total. The van der Waals surface area contributed by atoms with Crippen molar-refractivity contribution in [1.29, 1.82) is 0 Å². The Morgan fingerprint density at radius 2 is 2.08 bits per heavy atom. The van der Waals surface area contributed by atoms with E-state index in [-0.39, 0.29) is 17.9 Å². The lowest BCUT2D eigenvalue weighted by atomic mass is 10.1. The molecule has 128 valence electrons. The maximum Gasteiger partial charge on any atom is 0.269 e. The Morgan fingerprint density at radius 1 is 1.33 bits per heavy atom. The number of benzene rings is 1. The molecule has 6 heteroatoms. The van der Waals surface area contributed by atoms with E-state index in [4.69, 9.17) is 4.74 Å². The molecule has 6 nitrogen and oxygen atoms in total. The van der Waals surface area contributed by atoms with Crippen molar-refractivity contribution in [3.05, 3.63) is 47.8 Å². The number of carbonyl (C=O) groups is 1. The van der Waals surface area contributed by atoms with Crippen LogP contribution in [0, 0.1) is 12.8 Å². The van der Waals surface area contributed by atoms with E-state index in [1.165, 1.54) is 10.2 Å². The third-order valence-corrected chi connectivity index (χ3v) is 4.57. The van der Waals surface area contributed by atoms with Crippen LogP contribution in [0.2, 0.25) is 0 Å². The number of aliphatic hydroxyl groups is 1. The van der Waals surface area contributed by atoms with Gasteiger partial charge in [0, 0.05) is 25.7 Å². The van der Waals surface area contributed by atoms with Crippen molar-refractivity contribution in [2.45, 2.75) is 32.0 Å². The predicted octanol–water partition coefficient (Wildman–Crippen LogP) is 1.68. The Balaban J connectivity index is 1.52. The molecule has 1 aromatic heterocycles. The van der Waals surface area contributed by atoms with Gasteiger partial charge in [-0.1, -0.05) is 17.7 Å². The second kappa shape index (κ2) is 7.05. The Labute approximate surface area is 141 Å². The van der Waals surface area contributed by atoms with Gasteiger partial charge in [-0.2, -0.15) is 5.10 Å². The smallest absolute Gasteiger partial charge is 0.269 e. The molecule has 3 rings (SSSR count). The zero-order valence-electron chi connectivity index (χ0n) is 14.0. The van der Waals surface area contributed by atoms with Crippen molar-refractivity contribution in [2.24, 2.45) is 13.0 Å². The second-order valence-corrected chi connectivity index (χ2v) is 6.35. The first-order chi connectivity index (χ1) is 11.5. The van der Waals surface area contributed by atoms with Gasteiger partial charge in [-0.05, 0) is 38.0 Å². The quantitative estimate of drug-likeness (QED) is 0.875. The van der Waals surface area contributed by atoms with Crippen molar-refractivity contribution < 1.29 is 14.6 Å². The highest BCUT2D eigenvalue weighted by Gasteiger charge is 2.36. The van der Waals surface area contributed by atoms with E-state index in [9.17, 15) is 9.90 Å². The number of rotatable bonds is 5. The van der Waals surface area contributed by atoms with Gasteiger partial charge in [0.25, 0.3) is 5.91 Å². The van der Waals surface area contributed by atoms with Crippen molar-refractivity contribution in [3.63, 3.8) is 0 Å². The maximum absolute atomic E-state index is 12.1. The van der Waals surface area contributed by atoms with Crippen LogP contribution in [0.5, 0.6) is 5.75 Å². The number of aliphatic hydroxyl groups excluding tert-OH is 1. The molecular weight excluding hydrogens is 306 g/mol. The highest BCUT2D eigenvalue weighted by Crippen LogP contribution is 2.29. The molecule has 24 heavy (non-hydrogen) atoms. The Kier molecular flexibility index (Phi) is 4.85. The summed E-state index contributed by atoms with van der Waals surface area (Å²) in [5, 5.41) is 17.3. The van der Waals surface area contributed by atoms with Crippen LogP contribution in [-0.4, -0.2) is 39.5 Å². The van der Waals surface area contributed by atoms with Crippen LogP contribution >= 0.6 is 0 Å². The molecule has 0 unspecified atom stereocenters. The van der Waals surface area contributed by atoms with E-state index >= 15 is 0 Å². The largest absolute Gasteiger partial charge is 0.488 e. The van der Waals surface area contributed by atoms with Crippen LogP contribution in [0.4, 0.5) is 0 Å². The number of nitrogens with one attached hydrogen (secondary N) is 1. The fourth-order valence-electron chi connectivity index (χ4n) is 3.08. The molecule has 0 aliphatic heterocycles. The maximum atomic E-state index is 12.1. The molecule has 1 heterocycles. The molecule has 0 bridgehead atoms. The molecule has 1 fully saturated rings. The summed E-state index contributed by atoms with van der Waals surface area (Å²) in [4.78, 5) is 12.1. The SMILES string of the molecule is Cc1ccc(O[C@@H]2CC[C@H](CNC(=O)c3ccnn3C)[C@H]2O)cc1. The highest BCUT2D eigenvalue weighted by molar-refractivity contribution is 5.92. The normalized spacial score (nSPS) is 23.2. The molecule has 1 saturated carbocycles. The molecule has 1 aliphatic carbocycles. The van der Waals surface area contributed by atoms with Crippen LogP contribution < -0.4 is 10.1 Å². The van der Waals surface area contributed by atoms with Crippen LogP contribution in [0.1, 0.15) is 28.9 Å². The lowest BCUT2D eigenvalue weighted by Gasteiger charge is -2.21. The first-order valence-corrected chi connectivity index (χ1v) is 8.22. The number of aryl methyl sites for hydroxylation is 2. The Morgan fingerprint density at radius 3 is 2.75 bits per heavy atom. The third kappa shape index (κ3) is 3.59. The van der Waals surface area contributed by atoms with Gasteiger partial charge in [-0.25, -0.2) is 0 Å². The molecular formula is C18H23N3O3. The van der Waals surface area contributed by atoms with Gasteiger partial charge in [0.15, 0.2) is 0 Å². The molecule has 0 spiro atoms. The van der Waals surface area contributed by atoms with E-state index in [1.807, 2.05) is 31.2 Å². The van der Waals surface area contributed by atoms with E-state index in [0.29, 0.717) is 12.2 Å². The summed E-state index contributed by atoms with van der Waals surface area (Å²) in [7, 11) is 1.73. The fraction of sp³-hybridized carbons (Fsp3) is 0.444. The fourth-order valence-corrected chi connectivity index (χ4v) is 3.08. The first-order valence-electron chi connectivity index (χ1n) is 8.22. The minimum atomic E-state index is -0.585. The number of carbonyl (C=O) groups excluding carboxylic acids is 1. The zero-order valence-corrected chi connectivity index (χ0v) is 14.0. The number of hydrogen-bond acceptors (Lipinski definition) is 4. The van der Waals surface area contributed by atoms with Gasteiger partial charge in [0.1, 0.15) is 17.5 Å². The van der Waals surface area contributed by atoms with Crippen molar-refractivity contribution in [2.75, 3.05) is 6.54 Å².